The van der Waals surface area contributed by atoms with Crippen molar-refractivity contribution in [3.63, 3.8) is 0 Å². The van der Waals surface area contributed by atoms with E-state index in [-0.39, 0.29) is 0 Å². The Hall–Kier alpha value is -1.39. The molecule has 2 rings (SSSR count). The van der Waals surface area contributed by atoms with Crippen molar-refractivity contribution in [2.45, 2.75) is 45.1 Å². The minimum Gasteiger partial charge on any atom is -0.481 e. The monoisotopic (exact) mass is 209 g/mol. The van der Waals surface area contributed by atoms with Gasteiger partial charge < -0.3 is 5.11 Å². The number of hydrogen-bond donors (Lipinski definition) is 1. The summed E-state index contributed by atoms with van der Waals surface area (Å²) in [5.74, 6) is 0.168. The molecule has 2 heterocycles. The lowest BCUT2D eigenvalue weighted by atomic mass is 10.00. The van der Waals surface area contributed by atoms with Gasteiger partial charge in [0.15, 0.2) is 5.82 Å². The van der Waals surface area contributed by atoms with Crippen LogP contribution >= 0.6 is 0 Å². The topological polar surface area (TPSA) is 68.0 Å². The van der Waals surface area contributed by atoms with E-state index in [1.807, 2.05) is 0 Å². The molecule has 0 aromatic carbocycles. The number of fused-ring (bicyclic) bond motifs is 1. The van der Waals surface area contributed by atoms with Crippen molar-refractivity contribution >= 4 is 5.97 Å². The molecule has 0 saturated carbocycles. The van der Waals surface area contributed by atoms with Crippen LogP contribution in [0.2, 0.25) is 0 Å². The van der Waals surface area contributed by atoms with Crippen LogP contribution < -0.4 is 0 Å². The first-order valence-electron chi connectivity index (χ1n) is 5.38. The highest BCUT2D eigenvalue weighted by Crippen LogP contribution is 2.25. The first-order chi connectivity index (χ1) is 7.22. The molecule has 0 saturated heterocycles. The van der Waals surface area contributed by atoms with E-state index in [1.165, 1.54) is 0 Å². The molecule has 5 heteroatoms. The maximum Gasteiger partial charge on any atom is 0.314 e. The van der Waals surface area contributed by atoms with Crippen LogP contribution in [0.25, 0.3) is 0 Å². The second-order valence-electron chi connectivity index (χ2n) is 3.89. The van der Waals surface area contributed by atoms with Crippen molar-refractivity contribution in [2.24, 2.45) is 0 Å². The molecule has 0 aliphatic carbocycles. The number of carboxylic acid groups (broad SMARTS) is 1. The highest BCUT2D eigenvalue weighted by Gasteiger charge is 2.29. The van der Waals surface area contributed by atoms with Gasteiger partial charge in [0.05, 0.1) is 0 Å². The van der Waals surface area contributed by atoms with Crippen molar-refractivity contribution in [1.29, 1.82) is 0 Å². The standard InChI is InChI=1S/C10H15N3O2/c1-2-4-8-11-9-7(10(14)15)5-3-6-13(9)12-8/h7H,2-6H2,1H3,(H,14,15). The number of aryl methyl sites for hydroxylation is 2. The summed E-state index contributed by atoms with van der Waals surface area (Å²) in [6.07, 6.45) is 3.37. The molecule has 0 spiro atoms. The van der Waals surface area contributed by atoms with Gasteiger partial charge in [-0.05, 0) is 19.3 Å². The fourth-order valence-electron chi connectivity index (χ4n) is 1.96. The quantitative estimate of drug-likeness (QED) is 0.812. The van der Waals surface area contributed by atoms with Gasteiger partial charge in [0.1, 0.15) is 11.7 Å². The van der Waals surface area contributed by atoms with Crippen LogP contribution in [0.15, 0.2) is 0 Å². The lowest BCUT2D eigenvalue weighted by Gasteiger charge is -2.17. The zero-order valence-electron chi connectivity index (χ0n) is 8.81. The average molecular weight is 209 g/mol. The van der Waals surface area contributed by atoms with Gasteiger partial charge in [-0.3, -0.25) is 4.79 Å². The molecule has 0 amide bonds. The Labute approximate surface area is 88.1 Å². The Morgan fingerprint density at radius 1 is 1.67 bits per heavy atom. The molecule has 1 atom stereocenters. The summed E-state index contributed by atoms with van der Waals surface area (Å²) in [6.45, 7) is 2.87. The van der Waals surface area contributed by atoms with Gasteiger partial charge in [-0.25, -0.2) is 9.67 Å². The molecule has 0 radical (unpaired) electrons. The van der Waals surface area contributed by atoms with Crippen molar-refractivity contribution in [1.82, 2.24) is 14.8 Å². The summed E-state index contributed by atoms with van der Waals surface area (Å²) in [4.78, 5) is 15.3. The Kier molecular flexibility index (Phi) is 2.70. The van der Waals surface area contributed by atoms with Crippen molar-refractivity contribution in [3.8, 4) is 0 Å². The molecular formula is C10H15N3O2. The number of hydrogen-bond acceptors (Lipinski definition) is 3. The van der Waals surface area contributed by atoms with Gasteiger partial charge >= 0.3 is 5.97 Å². The van der Waals surface area contributed by atoms with E-state index >= 15 is 0 Å². The molecule has 5 nitrogen and oxygen atoms in total. The fourth-order valence-corrected chi connectivity index (χ4v) is 1.96. The molecule has 1 aliphatic heterocycles. The lowest BCUT2D eigenvalue weighted by molar-refractivity contribution is -0.139. The van der Waals surface area contributed by atoms with Crippen LogP contribution in [0.4, 0.5) is 0 Å². The average Bonchev–Trinajstić information content (AvgIpc) is 2.59. The summed E-state index contributed by atoms with van der Waals surface area (Å²) in [5, 5.41) is 13.4. The van der Waals surface area contributed by atoms with Gasteiger partial charge in [-0.2, -0.15) is 5.10 Å². The summed E-state index contributed by atoms with van der Waals surface area (Å²) in [5.41, 5.74) is 0. The number of carbonyl (C=O) groups is 1. The second-order valence-corrected chi connectivity index (χ2v) is 3.89. The van der Waals surface area contributed by atoms with E-state index < -0.39 is 11.9 Å². The fraction of sp³-hybridized carbons (Fsp3) is 0.700. The highest BCUT2D eigenvalue weighted by molar-refractivity contribution is 5.75. The molecule has 1 N–H and O–H groups in total. The molecule has 15 heavy (non-hydrogen) atoms. The Morgan fingerprint density at radius 3 is 3.13 bits per heavy atom. The van der Waals surface area contributed by atoms with Crippen molar-refractivity contribution in [2.75, 3.05) is 0 Å². The third-order valence-electron chi connectivity index (χ3n) is 2.69. The summed E-state index contributed by atoms with van der Waals surface area (Å²) in [6, 6.07) is 0. The first kappa shape index (κ1) is 10.1. The zero-order chi connectivity index (χ0) is 10.8. The molecular weight excluding hydrogens is 194 g/mol. The molecule has 1 aliphatic rings. The van der Waals surface area contributed by atoms with E-state index in [0.717, 1.165) is 31.6 Å². The van der Waals surface area contributed by atoms with E-state index in [1.54, 1.807) is 4.68 Å². The molecule has 1 aromatic rings. The predicted octanol–water partition coefficient (Wildman–Crippen LogP) is 1.19. The van der Waals surface area contributed by atoms with Crippen LogP contribution in [0.1, 0.15) is 43.8 Å². The van der Waals surface area contributed by atoms with E-state index in [0.29, 0.717) is 12.2 Å². The largest absolute Gasteiger partial charge is 0.481 e. The smallest absolute Gasteiger partial charge is 0.314 e. The number of nitrogens with zero attached hydrogens (tertiary/aromatic N) is 3. The van der Waals surface area contributed by atoms with Crippen molar-refractivity contribution < 1.29 is 9.90 Å². The Balaban J connectivity index is 2.30. The van der Waals surface area contributed by atoms with Crippen LogP contribution in [0.5, 0.6) is 0 Å². The Morgan fingerprint density at radius 2 is 2.47 bits per heavy atom. The van der Waals surface area contributed by atoms with Gasteiger partial charge in [-0.15, -0.1) is 0 Å². The number of rotatable bonds is 3. The molecule has 1 aromatic heterocycles. The van der Waals surface area contributed by atoms with Gasteiger partial charge in [0.2, 0.25) is 0 Å². The number of aromatic nitrogens is 3. The minimum absolute atomic E-state index is 0.461. The second kappa shape index (κ2) is 4.00. The Bertz CT molecular complexity index is 373. The predicted molar refractivity (Wildman–Crippen MR) is 53.6 cm³/mol. The van der Waals surface area contributed by atoms with Crippen molar-refractivity contribution in [3.05, 3.63) is 11.6 Å². The SMILES string of the molecule is CCCc1nc2n(n1)CCCC2C(=O)O. The normalized spacial score (nSPS) is 19.9. The number of aliphatic carboxylic acids is 1. The third kappa shape index (κ3) is 1.86. The minimum atomic E-state index is -0.786. The maximum atomic E-state index is 11.0. The van der Waals surface area contributed by atoms with Crippen LogP contribution in [0, 0.1) is 0 Å². The highest BCUT2D eigenvalue weighted by atomic mass is 16.4. The summed E-state index contributed by atoms with van der Waals surface area (Å²) >= 11 is 0. The number of carboxylic acids is 1. The van der Waals surface area contributed by atoms with Gasteiger partial charge in [-0.1, -0.05) is 6.92 Å². The van der Waals surface area contributed by atoms with Gasteiger partial charge in [0.25, 0.3) is 0 Å². The summed E-state index contributed by atoms with van der Waals surface area (Å²) < 4.78 is 1.76. The third-order valence-corrected chi connectivity index (χ3v) is 2.69. The van der Waals surface area contributed by atoms with E-state index in [9.17, 15) is 4.79 Å². The van der Waals surface area contributed by atoms with Crippen LogP contribution in [-0.2, 0) is 17.8 Å². The molecule has 1 unspecified atom stereocenters. The molecule has 0 fully saturated rings. The van der Waals surface area contributed by atoms with Crippen LogP contribution in [0.3, 0.4) is 0 Å². The maximum absolute atomic E-state index is 11.0. The van der Waals surface area contributed by atoms with E-state index in [2.05, 4.69) is 17.0 Å². The summed E-state index contributed by atoms with van der Waals surface area (Å²) in [7, 11) is 0. The van der Waals surface area contributed by atoms with E-state index in [4.69, 9.17) is 5.11 Å². The molecule has 0 bridgehead atoms. The van der Waals surface area contributed by atoms with Gasteiger partial charge in [0, 0.05) is 13.0 Å². The van der Waals surface area contributed by atoms with Crippen LogP contribution in [-0.4, -0.2) is 25.8 Å². The first-order valence-corrected chi connectivity index (χ1v) is 5.38. The molecule has 82 valence electrons. The lowest BCUT2D eigenvalue weighted by Crippen LogP contribution is -2.22. The zero-order valence-corrected chi connectivity index (χ0v) is 8.81.